The monoisotopic (exact) mass is 353 g/mol. The van der Waals surface area contributed by atoms with Gasteiger partial charge in [-0.25, -0.2) is 4.98 Å². The van der Waals surface area contributed by atoms with Gasteiger partial charge in [-0.2, -0.15) is 0 Å². The van der Waals surface area contributed by atoms with E-state index in [1.807, 2.05) is 18.2 Å². The predicted molar refractivity (Wildman–Crippen MR) is 92.6 cm³/mol. The Kier molecular flexibility index (Phi) is 7.25. The molecule has 0 amide bonds. The number of aromatic amines is 1. The van der Waals surface area contributed by atoms with Crippen LogP contribution in [0.25, 0.3) is 0 Å². The Labute approximate surface area is 142 Å². The predicted octanol–water partition coefficient (Wildman–Crippen LogP) is 2.76. The van der Waals surface area contributed by atoms with Gasteiger partial charge in [0.05, 0.1) is 0 Å². The number of thioether (sulfide) groups is 1. The summed E-state index contributed by atoms with van der Waals surface area (Å²) in [4.78, 5) is 4.51. The van der Waals surface area contributed by atoms with Crippen LogP contribution in [0, 0.1) is 0 Å². The summed E-state index contributed by atoms with van der Waals surface area (Å²) in [6.45, 7) is 0. The van der Waals surface area contributed by atoms with Gasteiger partial charge >= 0.3 is 8.80 Å². The van der Waals surface area contributed by atoms with Crippen LogP contribution in [-0.2, 0) is 19.7 Å². The Morgan fingerprint density at radius 2 is 1.78 bits per heavy atom. The Balaban J connectivity index is 1.77. The summed E-state index contributed by atoms with van der Waals surface area (Å²) >= 11 is 1.63. The van der Waals surface area contributed by atoms with Crippen LogP contribution in [-0.4, -0.2) is 51.1 Å². The van der Waals surface area contributed by atoms with Crippen LogP contribution in [0.5, 0.6) is 0 Å². The highest BCUT2D eigenvalue weighted by Crippen LogP contribution is 2.20. The molecule has 0 aliphatic carbocycles. The fourth-order valence-corrected chi connectivity index (χ4v) is 4.95. The van der Waals surface area contributed by atoms with E-state index < -0.39 is 8.80 Å². The van der Waals surface area contributed by atoms with Crippen molar-refractivity contribution in [2.24, 2.45) is 0 Å². The molecule has 0 saturated heterocycles. The lowest BCUT2D eigenvalue weighted by molar-refractivity contribution is 0.123. The van der Waals surface area contributed by atoms with Crippen molar-refractivity contribution in [3.05, 3.63) is 41.7 Å². The number of H-pyrrole nitrogens is 1. The quantitative estimate of drug-likeness (QED) is 0.402. The lowest BCUT2D eigenvalue weighted by atomic mass is 10.1. The van der Waals surface area contributed by atoms with Crippen molar-refractivity contribution < 1.29 is 13.3 Å². The molecular weight excluding hydrogens is 330 g/mol. The molecule has 2 aromatic rings. The fourth-order valence-electron chi connectivity index (χ4n) is 2.22. The van der Waals surface area contributed by atoms with Crippen molar-refractivity contribution in [1.82, 2.24) is 15.2 Å². The summed E-state index contributed by atoms with van der Waals surface area (Å²) in [7, 11) is 2.45. The molecule has 0 unspecified atom stereocenters. The van der Waals surface area contributed by atoms with Gasteiger partial charge in [0.15, 0.2) is 0 Å². The highest BCUT2D eigenvalue weighted by Gasteiger charge is 2.36. The number of benzene rings is 1. The van der Waals surface area contributed by atoms with Gasteiger partial charge in [0.1, 0.15) is 5.82 Å². The van der Waals surface area contributed by atoms with Crippen LogP contribution in [0.1, 0.15) is 17.8 Å². The number of hydrogen-bond acceptors (Lipinski definition) is 6. The number of nitrogens with one attached hydrogen (secondary N) is 1. The standard InChI is InChI=1S/C15H23N3O3SSi/c1-19-23(20-2,21-3)11-7-10-22-15-16-14(17-18-15)12-13-8-5-4-6-9-13/h4-6,8-9H,7,10-12H2,1-3H3,(H,16,17,18). The second-order valence-corrected chi connectivity index (χ2v) is 9.13. The molecule has 0 bridgehead atoms. The van der Waals surface area contributed by atoms with Crippen molar-refractivity contribution in [2.45, 2.75) is 24.0 Å². The van der Waals surface area contributed by atoms with Crippen molar-refractivity contribution in [1.29, 1.82) is 0 Å². The van der Waals surface area contributed by atoms with Crippen LogP contribution in [0.4, 0.5) is 0 Å². The van der Waals surface area contributed by atoms with Gasteiger partial charge in [0, 0.05) is 39.5 Å². The Morgan fingerprint density at radius 3 is 2.43 bits per heavy atom. The van der Waals surface area contributed by atoms with Gasteiger partial charge in [-0.3, -0.25) is 5.10 Å². The van der Waals surface area contributed by atoms with Gasteiger partial charge in [-0.05, 0) is 12.0 Å². The molecule has 8 heteroatoms. The summed E-state index contributed by atoms with van der Waals surface area (Å²) in [5.74, 6) is 1.78. The van der Waals surface area contributed by atoms with E-state index in [0.29, 0.717) is 0 Å². The number of aromatic nitrogens is 3. The first-order valence-corrected chi connectivity index (χ1v) is 10.4. The Hall–Kier alpha value is -1.19. The van der Waals surface area contributed by atoms with E-state index in [1.54, 1.807) is 33.1 Å². The number of rotatable bonds is 10. The molecule has 0 radical (unpaired) electrons. The molecule has 0 aliphatic rings. The van der Waals surface area contributed by atoms with Gasteiger partial charge in [0.25, 0.3) is 0 Å². The van der Waals surface area contributed by atoms with Gasteiger partial charge in [0.2, 0.25) is 5.16 Å². The van der Waals surface area contributed by atoms with E-state index in [1.165, 1.54) is 5.56 Å². The highest BCUT2D eigenvalue weighted by molar-refractivity contribution is 7.99. The molecule has 6 nitrogen and oxygen atoms in total. The highest BCUT2D eigenvalue weighted by atomic mass is 32.2. The average molecular weight is 354 g/mol. The molecule has 0 saturated carbocycles. The van der Waals surface area contributed by atoms with Crippen molar-refractivity contribution in [3.8, 4) is 0 Å². The molecule has 23 heavy (non-hydrogen) atoms. The van der Waals surface area contributed by atoms with Crippen molar-refractivity contribution >= 4 is 20.6 Å². The normalized spacial score (nSPS) is 11.8. The smallest absolute Gasteiger partial charge is 0.377 e. The second-order valence-electron chi connectivity index (χ2n) is 4.97. The molecule has 1 N–H and O–H groups in total. The second kappa shape index (κ2) is 9.19. The minimum absolute atomic E-state index is 0.765. The van der Waals surface area contributed by atoms with E-state index in [2.05, 4.69) is 27.3 Å². The topological polar surface area (TPSA) is 69.3 Å². The molecule has 1 aromatic carbocycles. The molecule has 1 aromatic heterocycles. The molecule has 126 valence electrons. The molecule has 1 heterocycles. The zero-order chi connectivity index (χ0) is 16.5. The zero-order valence-electron chi connectivity index (χ0n) is 13.7. The molecule has 0 atom stereocenters. The minimum atomic E-state index is -2.46. The largest absolute Gasteiger partial charge is 0.500 e. The van der Waals surface area contributed by atoms with Crippen LogP contribution in [0.3, 0.4) is 0 Å². The molecule has 0 fully saturated rings. The maximum atomic E-state index is 5.41. The first-order chi connectivity index (χ1) is 11.2. The van der Waals surface area contributed by atoms with Crippen LogP contribution >= 0.6 is 11.8 Å². The lowest BCUT2D eigenvalue weighted by Gasteiger charge is -2.23. The van der Waals surface area contributed by atoms with Crippen LogP contribution in [0.15, 0.2) is 35.5 Å². The minimum Gasteiger partial charge on any atom is -0.377 e. The van der Waals surface area contributed by atoms with E-state index in [4.69, 9.17) is 13.3 Å². The van der Waals surface area contributed by atoms with Gasteiger partial charge < -0.3 is 13.3 Å². The summed E-state index contributed by atoms with van der Waals surface area (Å²) in [5, 5.41) is 8.02. The van der Waals surface area contributed by atoms with Crippen molar-refractivity contribution in [2.75, 3.05) is 27.1 Å². The summed E-state index contributed by atoms with van der Waals surface area (Å²) < 4.78 is 16.2. The van der Waals surface area contributed by atoms with Crippen LogP contribution in [0.2, 0.25) is 6.04 Å². The van der Waals surface area contributed by atoms with E-state index in [9.17, 15) is 0 Å². The molecule has 2 rings (SSSR count). The maximum Gasteiger partial charge on any atom is 0.500 e. The van der Waals surface area contributed by atoms with E-state index in [-0.39, 0.29) is 0 Å². The average Bonchev–Trinajstić information content (AvgIpc) is 3.04. The summed E-state index contributed by atoms with van der Waals surface area (Å²) in [5.41, 5.74) is 1.22. The molecule has 0 aliphatic heterocycles. The number of nitrogens with zero attached hydrogens (tertiary/aromatic N) is 2. The number of hydrogen-bond donors (Lipinski definition) is 1. The van der Waals surface area contributed by atoms with E-state index >= 15 is 0 Å². The first kappa shape index (κ1) is 18.1. The van der Waals surface area contributed by atoms with Gasteiger partial charge in [-0.1, -0.05) is 42.1 Å². The third-order valence-corrected chi connectivity index (χ3v) is 7.28. The van der Waals surface area contributed by atoms with E-state index in [0.717, 1.165) is 35.6 Å². The Morgan fingerprint density at radius 1 is 1.09 bits per heavy atom. The summed E-state index contributed by atoms with van der Waals surface area (Å²) in [6.07, 6.45) is 1.69. The molecular formula is C15H23N3O3SSi. The third kappa shape index (κ3) is 5.43. The van der Waals surface area contributed by atoms with Crippen LogP contribution < -0.4 is 0 Å². The Bertz CT molecular complexity index is 570. The van der Waals surface area contributed by atoms with Gasteiger partial charge in [-0.15, -0.1) is 5.10 Å². The fraction of sp³-hybridized carbons (Fsp3) is 0.467. The zero-order valence-corrected chi connectivity index (χ0v) is 15.6. The maximum absolute atomic E-state index is 5.41. The van der Waals surface area contributed by atoms with Crippen molar-refractivity contribution in [3.63, 3.8) is 0 Å². The third-order valence-electron chi connectivity index (χ3n) is 3.52. The summed E-state index contributed by atoms with van der Waals surface area (Å²) in [6, 6.07) is 11.0. The molecule has 0 spiro atoms. The SMILES string of the molecule is CO[Si](CCCSc1n[nH]c(Cc2ccccc2)n1)(OC)OC. The first-order valence-electron chi connectivity index (χ1n) is 7.45. The lowest BCUT2D eigenvalue weighted by Crippen LogP contribution is -2.42.